The molecule has 1 aliphatic heterocycles. The normalized spacial score (nSPS) is 34.2. The number of rotatable bonds is 2. The highest BCUT2D eigenvalue weighted by Gasteiger charge is 2.19. The SMILES string of the molecule is CO[C@@H]1CCN[C@H](CN)C1. The maximum Gasteiger partial charge on any atom is 0.0598 e. The van der Waals surface area contributed by atoms with E-state index in [-0.39, 0.29) is 0 Å². The Morgan fingerprint density at radius 3 is 3.10 bits per heavy atom. The van der Waals surface area contributed by atoms with Crippen LogP contribution in [0.2, 0.25) is 0 Å². The summed E-state index contributed by atoms with van der Waals surface area (Å²) < 4.78 is 5.23. The standard InChI is InChI=1S/C7H16N2O/c1-10-7-2-3-9-6(4-7)5-8/h6-7,9H,2-5,8H2,1H3/t6-,7+/m0/s1. The van der Waals surface area contributed by atoms with Crippen LogP contribution in [0.3, 0.4) is 0 Å². The van der Waals surface area contributed by atoms with Gasteiger partial charge in [-0.25, -0.2) is 0 Å². The third kappa shape index (κ3) is 1.94. The molecule has 0 radical (unpaired) electrons. The number of hydrogen-bond donors (Lipinski definition) is 2. The topological polar surface area (TPSA) is 47.3 Å². The highest BCUT2D eigenvalue weighted by Crippen LogP contribution is 2.09. The van der Waals surface area contributed by atoms with Crippen LogP contribution in [-0.2, 0) is 4.74 Å². The molecule has 1 saturated heterocycles. The van der Waals surface area contributed by atoms with Crippen molar-refractivity contribution in [3.05, 3.63) is 0 Å². The van der Waals surface area contributed by atoms with E-state index in [1.165, 1.54) is 0 Å². The van der Waals surface area contributed by atoms with Gasteiger partial charge in [0.2, 0.25) is 0 Å². The lowest BCUT2D eigenvalue weighted by molar-refractivity contribution is 0.0633. The molecule has 3 N–H and O–H groups in total. The Labute approximate surface area is 61.9 Å². The number of methoxy groups -OCH3 is 1. The molecule has 1 fully saturated rings. The summed E-state index contributed by atoms with van der Waals surface area (Å²) in [6.07, 6.45) is 2.61. The van der Waals surface area contributed by atoms with Crippen LogP contribution in [0, 0.1) is 0 Å². The van der Waals surface area contributed by atoms with Crippen LogP contribution in [0.5, 0.6) is 0 Å². The van der Waals surface area contributed by atoms with Crippen molar-refractivity contribution < 1.29 is 4.74 Å². The molecule has 0 amide bonds. The van der Waals surface area contributed by atoms with Gasteiger partial charge < -0.3 is 15.8 Å². The van der Waals surface area contributed by atoms with Gasteiger partial charge in [-0.3, -0.25) is 0 Å². The summed E-state index contributed by atoms with van der Waals surface area (Å²) in [5.74, 6) is 0. The molecule has 60 valence electrons. The molecular weight excluding hydrogens is 128 g/mol. The first kappa shape index (κ1) is 7.98. The van der Waals surface area contributed by atoms with E-state index in [4.69, 9.17) is 10.5 Å². The zero-order chi connectivity index (χ0) is 7.40. The van der Waals surface area contributed by atoms with Gasteiger partial charge in [0.25, 0.3) is 0 Å². The van der Waals surface area contributed by atoms with Crippen LogP contribution in [0.15, 0.2) is 0 Å². The van der Waals surface area contributed by atoms with Crippen LogP contribution < -0.4 is 11.1 Å². The van der Waals surface area contributed by atoms with Gasteiger partial charge >= 0.3 is 0 Å². The summed E-state index contributed by atoms with van der Waals surface area (Å²) in [6, 6.07) is 0.471. The minimum Gasteiger partial charge on any atom is -0.381 e. The van der Waals surface area contributed by atoms with E-state index in [1.807, 2.05) is 0 Å². The Bertz CT molecular complexity index is 87.6. The fraction of sp³-hybridized carbons (Fsp3) is 1.00. The van der Waals surface area contributed by atoms with Gasteiger partial charge in [-0.05, 0) is 19.4 Å². The highest BCUT2D eigenvalue weighted by atomic mass is 16.5. The maximum absolute atomic E-state index is 5.50. The predicted molar refractivity (Wildman–Crippen MR) is 40.9 cm³/mol. The second kappa shape index (κ2) is 3.91. The van der Waals surface area contributed by atoms with E-state index in [1.54, 1.807) is 7.11 Å². The summed E-state index contributed by atoms with van der Waals surface area (Å²) in [6.45, 7) is 1.76. The first-order chi connectivity index (χ1) is 4.86. The van der Waals surface area contributed by atoms with Gasteiger partial charge in [-0.2, -0.15) is 0 Å². The Morgan fingerprint density at radius 2 is 2.50 bits per heavy atom. The summed E-state index contributed by atoms with van der Waals surface area (Å²) in [5, 5.41) is 3.33. The van der Waals surface area contributed by atoms with E-state index >= 15 is 0 Å². The first-order valence-electron chi connectivity index (χ1n) is 3.83. The van der Waals surface area contributed by atoms with E-state index in [0.29, 0.717) is 12.1 Å². The molecule has 0 bridgehead atoms. The molecule has 3 heteroatoms. The lowest BCUT2D eigenvalue weighted by Crippen LogP contribution is -2.45. The highest BCUT2D eigenvalue weighted by molar-refractivity contribution is 4.78. The second-order valence-electron chi connectivity index (χ2n) is 2.77. The molecule has 1 rings (SSSR count). The number of piperidine rings is 1. The quantitative estimate of drug-likeness (QED) is 0.560. The fourth-order valence-electron chi connectivity index (χ4n) is 1.36. The van der Waals surface area contributed by atoms with Crippen molar-refractivity contribution in [2.24, 2.45) is 5.73 Å². The molecule has 1 aliphatic rings. The number of nitrogens with two attached hydrogens (primary N) is 1. The van der Waals surface area contributed by atoms with Crippen LogP contribution in [0.4, 0.5) is 0 Å². The van der Waals surface area contributed by atoms with Gasteiger partial charge in [0.05, 0.1) is 6.10 Å². The van der Waals surface area contributed by atoms with E-state index in [9.17, 15) is 0 Å². The Kier molecular flexibility index (Phi) is 3.12. The lowest BCUT2D eigenvalue weighted by atomic mass is 10.0. The van der Waals surface area contributed by atoms with Crippen molar-refractivity contribution in [1.29, 1.82) is 0 Å². The van der Waals surface area contributed by atoms with Crippen molar-refractivity contribution in [1.82, 2.24) is 5.32 Å². The Hall–Kier alpha value is -0.120. The molecule has 0 aromatic heterocycles. The smallest absolute Gasteiger partial charge is 0.0598 e. The minimum absolute atomic E-state index is 0.426. The Morgan fingerprint density at radius 1 is 1.70 bits per heavy atom. The van der Waals surface area contributed by atoms with Gasteiger partial charge in [0.15, 0.2) is 0 Å². The van der Waals surface area contributed by atoms with E-state index in [0.717, 1.165) is 25.9 Å². The van der Waals surface area contributed by atoms with E-state index < -0.39 is 0 Å². The third-order valence-corrected chi connectivity index (χ3v) is 2.06. The second-order valence-corrected chi connectivity index (χ2v) is 2.77. The molecule has 0 spiro atoms. The average Bonchev–Trinajstić information content (AvgIpc) is 2.05. The van der Waals surface area contributed by atoms with Crippen molar-refractivity contribution in [3.63, 3.8) is 0 Å². The summed E-state index contributed by atoms with van der Waals surface area (Å²) >= 11 is 0. The molecule has 0 saturated carbocycles. The lowest BCUT2D eigenvalue weighted by Gasteiger charge is -2.28. The largest absolute Gasteiger partial charge is 0.381 e. The van der Waals surface area contributed by atoms with Gasteiger partial charge in [0.1, 0.15) is 0 Å². The van der Waals surface area contributed by atoms with Crippen LogP contribution >= 0.6 is 0 Å². The monoisotopic (exact) mass is 144 g/mol. The molecule has 2 atom stereocenters. The van der Waals surface area contributed by atoms with Crippen LogP contribution in [0.1, 0.15) is 12.8 Å². The molecule has 3 nitrogen and oxygen atoms in total. The van der Waals surface area contributed by atoms with Crippen LogP contribution in [0.25, 0.3) is 0 Å². The summed E-state index contributed by atoms with van der Waals surface area (Å²) in [7, 11) is 1.77. The third-order valence-electron chi connectivity index (χ3n) is 2.06. The maximum atomic E-state index is 5.50. The molecule has 10 heavy (non-hydrogen) atoms. The van der Waals surface area contributed by atoms with Crippen LogP contribution in [-0.4, -0.2) is 32.3 Å². The van der Waals surface area contributed by atoms with Crippen molar-refractivity contribution in [2.75, 3.05) is 20.2 Å². The zero-order valence-electron chi connectivity index (χ0n) is 6.47. The van der Waals surface area contributed by atoms with Crippen molar-refractivity contribution in [3.8, 4) is 0 Å². The number of hydrogen-bond acceptors (Lipinski definition) is 3. The molecule has 0 aromatic rings. The molecule has 0 unspecified atom stereocenters. The minimum atomic E-state index is 0.426. The van der Waals surface area contributed by atoms with Gasteiger partial charge in [-0.1, -0.05) is 0 Å². The molecule has 0 aromatic carbocycles. The molecule has 0 aliphatic carbocycles. The van der Waals surface area contributed by atoms with Crippen molar-refractivity contribution >= 4 is 0 Å². The zero-order valence-corrected chi connectivity index (χ0v) is 6.47. The average molecular weight is 144 g/mol. The summed E-state index contributed by atoms with van der Waals surface area (Å²) in [5.41, 5.74) is 5.50. The fourth-order valence-corrected chi connectivity index (χ4v) is 1.36. The van der Waals surface area contributed by atoms with E-state index in [2.05, 4.69) is 5.32 Å². The molecule has 1 heterocycles. The number of nitrogens with one attached hydrogen (secondary N) is 1. The van der Waals surface area contributed by atoms with Gasteiger partial charge in [-0.15, -0.1) is 0 Å². The van der Waals surface area contributed by atoms with Crippen molar-refractivity contribution in [2.45, 2.75) is 25.0 Å². The van der Waals surface area contributed by atoms with Gasteiger partial charge in [0, 0.05) is 19.7 Å². The summed E-state index contributed by atoms with van der Waals surface area (Å²) in [4.78, 5) is 0. The first-order valence-corrected chi connectivity index (χ1v) is 3.83. The predicted octanol–water partition coefficient (Wildman–Crippen LogP) is -0.288. The molecular formula is C7H16N2O. The Balaban J connectivity index is 2.25. The number of ether oxygens (including phenoxy) is 1.